The smallest absolute Gasteiger partial charge is 0.170 e. The van der Waals surface area contributed by atoms with Gasteiger partial charge in [0, 0.05) is 6.42 Å². The summed E-state index contributed by atoms with van der Waals surface area (Å²) in [4.78, 5) is 11.9. The number of ketones is 1. The molecule has 0 aliphatic heterocycles. The average Bonchev–Trinajstić information content (AvgIpc) is 2.37. The first-order valence-electron chi connectivity index (χ1n) is 5.40. The zero-order chi connectivity index (χ0) is 14.0. The van der Waals surface area contributed by atoms with Gasteiger partial charge in [0.15, 0.2) is 23.2 Å². The summed E-state index contributed by atoms with van der Waals surface area (Å²) in [6.45, 7) is 0. The minimum Gasteiger partial charge on any atom is -0.294 e. The van der Waals surface area contributed by atoms with E-state index in [2.05, 4.69) is 0 Å². The van der Waals surface area contributed by atoms with Crippen LogP contribution in [0, 0.1) is 17.5 Å². The Morgan fingerprint density at radius 1 is 1.05 bits per heavy atom. The molecule has 0 unspecified atom stereocenters. The fourth-order valence-corrected chi connectivity index (χ4v) is 1.82. The van der Waals surface area contributed by atoms with Crippen molar-refractivity contribution < 1.29 is 18.0 Å². The molecule has 0 saturated carbocycles. The lowest BCUT2D eigenvalue weighted by Gasteiger charge is -2.04. The molecule has 2 aromatic rings. The van der Waals surface area contributed by atoms with E-state index in [1.165, 1.54) is 24.3 Å². The number of carbonyl (C=O) groups excluding carboxylic acids is 1. The molecule has 0 N–H and O–H groups in total. The van der Waals surface area contributed by atoms with Gasteiger partial charge in [0.2, 0.25) is 0 Å². The standard InChI is InChI=1S/C14H8ClF3O/c15-10-3-1-2-9(14(10)18)13(19)7-8-4-5-11(16)12(17)6-8/h1-6H,7H2. The van der Waals surface area contributed by atoms with Crippen LogP contribution in [-0.4, -0.2) is 5.78 Å². The molecule has 19 heavy (non-hydrogen) atoms. The SMILES string of the molecule is O=C(Cc1ccc(F)c(F)c1)c1cccc(Cl)c1F. The van der Waals surface area contributed by atoms with Crippen LogP contribution in [0.1, 0.15) is 15.9 Å². The molecule has 0 fully saturated rings. The van der Waals surface area contributed by atoms with Gasteiger partial charge >= 0.3 is 0 Å². The summed E-state index contributed by atoms with van der Waals surface area (Å²) in [5.74, 6) is -3.40. The molecule has 5 heteroatoms. The van der Waals surface area contributed by atoms with Gasteiger partial charge in [-0.15, -0.1) is 0 Å². The van der Waals surface area contributed by atoms with Gasteiger partial charge in [0.05, 0.1) is 10.6 Å². The fourth-order valence-electron chi connectivity index (χ4n) is 1.65. The van der Waals surface area contributed by atoms with Gasteiger partial charge < -0.3 is 0 Å². The molecule has 0 atom stereocenters. The first kappa shape index (κ1) is 13.6. The summed E-state index contributed by atoms with van der Waals surface area (Å²) in [5.41, 5.74) is 0.0977. The van der Waals surface area contributed by atoms with E-state index in [0.717, 1.165) is 12.1 Å². The van der Waals surface area contributed by atoms with E-state index in [9.17, 15) is 18.0 Å². The summed E-state index contributed by atoms with van der Waals surface area (Å²) in [6.07, 6.45) is -0.228. The van der Waals surface area contributed by atoms with Gasteiger partial charge in [0.1, 0.15) is 0 Å². The lowest BCUT2D eigenvalue weighted by molar-refractivity contribution is 0.0989. The highest BCUT2D eigenvalue weighted by molar-refractivity contribution is 6.31. The molecule has 2 aromatic carbocycles. The second-order valence-corrected chi connectivity index (χ2v) is 4.36. The molecule has 1 nitrogen and oxygen atoms in total. The largest absolute Gasteiger partial charge is 0.294 e. The highest BCUT2D eigenvalue weighted by atomic mass is 35.5. The third kappa shape index (κ3) is 2.96. The number of hydrogen-bond acceptors (Lipinski definition) is 1. The van der Waals surface area contributed by atoms with Gasteiger partial charge in [-0.1, -0.05) is 23.7 Å². The van der Waals surface area contributed by atoms with Crippen molar-refractivity contribution in [1.82, 2.24) is 0 Å². The highest BCUT2D eigenvalue weighted by Gasteiger charge is 2.15. The molecule has 0 spiro atoms. The van der Waals surface area contributed by atoms with E-state index >= 15 is 0 Å². The predicted octanol–water partition coefficient (Wildman–Crippen LogP) is 4.18. The number of halogens is 4. The Morgan fingerprint density at radius 3 is 2.47 bits per heavy atom. The van der Waals surface area contributed by atoms with Crippen LogP contribution in [0.25, 0.3) is 0 Å². The third-order valence-electron chi connectivity index (χ3n) is 2.60. The Labute approximate surface area is 112 Å². The molecule has 0 amide bonds. The average molecular weight is 285 g/mol. The molecule has 0 aliphatic rings. The second kappa shape index (κ2) is 5.45. The van der Waals surface area contributed by atoms with Gasteiger partial charge in [-0.25, -0.2) is 13.2 Å². The molecule has 0 aliphatic carbocycles. The van der Waals surface area contributed by atoms with Crippen molar-refractivity contribution in [3.05, 3.63) is 70.0 Å². The quantitative estimate of drug-likeness (QED) is 0.773. The number of carbonyl (C=O) groups is 1. The van der Waals surface area contributed by atoms with E-state index < -0.39 is 23.2 Å². The van der Waals surface area contributed by atoms with E-state index in [4.69, 9.17) is 11.6 Å². The van der Waals surface area contributed by atoms with E-state index in [1.54, 1.807) is 0 Å². The van der Waals surface area contributed by atoms with Crippen molar-refractivity contribution in [3.63, 3.8) is 0 Å². The van der Waals surface area contributed by atoms with Crippen molar-refractivity contribution in [3.8, 4) is 0 Å². The van der Waals surface area contributed by atoms with Crippen molar-refractivity contribution in [2.24, 2.45) is 0 Å². The monoisotopic (exact) mass is 284 g/mol. The molecular formula is C14H8ClF3O. The topological polar surface area (TPSA) is 17.1 Å². The van der Waals surface area contributed by atoms with Crippen LogP contribution in [-0.2, 0) is 6.42 Å². The van der Waals surface area contributed by atoms with Crippen LogP contribution in [0.2, 0.25) is 5.02 Å². The molecule has 0 radical (unpaired) electrons. The fraction of sp³-hybridized carbons (Fsp3) is 0.0714. The molecule has 2 rings (SSSR count). The van der Waals surface area contributed by atoms with Crippen molar-refractivity contribution >= 4 is 17.4 Å². The molecule has 0 bridgehead atoms. The summed E-state index contributed by atoms with van der Waals surface area (Å²) >= 11 is 5.57. The van der Waals surface area contributed by atoms with Crippen LogP contribution < -0.4 is 0 Å². The van der Waals surface area contributed by atoms with Crippen LogP contribution in [0.3, 0.4) is 0 Å². The Hall–Kier alpha value is -1.81. The van der Waals surface area contributed by atoms with Crippen molar-refractivity contribution in [1.29, 1.82) is 0 Å². The summed E-state index contributed by atoms with van der Waals surface area (Å²) in [5, 5.41) is -0.156. The Morgan fingerprint density at radius 2 is 1.79 bits per heavy atom. The third-order valence-corrected chi connectivity index (χ3v) is 2.89. The van der Waals surface area contributed by atoms with Crippen LogP contribution in [0.15, 0.2) is 36.4 Å². The first-order chi connectivity index (χ1) is 8.99. The maximum absolute atomic E-state index is 13.6. The predicted molar refractivity (Wildman–Crippen MR) is 65.8 cm³/mol. The van der Waals surface area contributed by atoms with Crippen molar-refractivity contribution in [2.45, 2.75) is 6.42 Å². The zero-order valence-corrected chi connectivity index (χ0v) is 10.3. The zero-order valence-electron chi connectivity index (χ0n) is 9.59. The van der Waals surface area contributed by atoms with Crippen LogP contribution >= 0.6 is 11.6 Å². The second-order valence-electron chi connectivity index (χ2n) is 3.95. The number of hydrogen-bond donors (Lipinski definition) is 0. The highest BCUT2D eigenvalue weighted by Crippen LogP contribution is 2.20. The van der Waals surface area contributed by atoms with Gasteiger partial charge in [-0.2, -0.15) is 0 Å². The van der Waals surface area contributed by atoms with Gasteiger partial charge in [-0.05, 0) is 29.8 Å². The molecule has 0 heterocycles. The van der Waals surface area contributed by atoms with E-state index in [0.29, 0.717) is 0 Å². The van der Waals surface area contributed by atoms with Crippen LogP contribution in [0.4, 0.5) is 13.2 Å². The summed E-state index contributed by atoms with van der Waals surface area (Å²) < 4.78 is 39.3. The van der Waals surface area contributed by atoms with Crippen molar-refractivity contribution in [2.75, 3.05) is 0 Å². The summed E-state index contributed by atoms with van der Waals surface area (Å²) in [6, 6.07) is 7.18. The first-order valence-corrected chi connectivity index (χ1v) is 5.78. The maximum Gasteiger partial charge on any atom is 0.170 e. The molecular weight excluding hydrogens is 277 g/mol. The number of rotatable bonds is 3. The lowest BCUT2D eigenvalue weighted by atomic mass is 10.0. The summed E-state index contributed by atoms with van der Waals surface area (Å²) in [7, 11) is 0. The Bertz CT molecular complexity index is 641. The van der Waals surface area contributed by atoms with Gasteiger partial charge in [0.25, 0.3) is 0 Å². The lowest BCUT2D eigenvalue weighted by Crippen LogP contribution is -2.07. The molecule has 0 aromatic heterocycles. The van der Waals surface area contributed by atoms with E-state index in [1.807, 2.05) is 0 Å². The van der Waals surface area contributed by atoms with E-state index in [-0.39, 0.29) is 22.6 Å². The minimum atomic E-state index is -1.04. The number of benzene rings is 2. The normalized spacial score (nSPS) is 10.5. The Kier molecular flexibility index (Phi) is 3.90. The van der Waals surface area contributed by atoms with Gasteiger partial charge in [-0.3, -0.25) is 4.79 Å². The minimum absolute atomic E-state index is 0.156. The number of Topliss-reactive ketones (excluding diaryl/α,β-unsaturated/α-hetero) is 1. The molecule has 0 saturated heterocycles. The maximum atomic E-state index is 13.6. The van der Waals surface area contributed by atoms with Crippen LogP contribution in [0.5, 0.6) is 0 Å². The molecule has 98 valence electrons. The Balaban J connectivity index is 2.26.